The lowest BCUT2D eigenvalue weighted by Crippen LogP contribution is -2.17. The molecule has 144 valence electrons. The number of aromatic amines is 1. The Morgan fingerprint density at radius 3 is 2.21 bits per heavy atom. The predicted molar refractivity (Wildman–Crippen MR) is 119 cm³/mol. The number of fused-ring (bicyclic) bond motifs is 1. The molecule has 3 heteroatoms. The number of hydrogen-bond acceptors (Lipinski definition) is 2. The molecule has 1 atom stereocenters. The van der Waals surface area contributed by atoms with Crippen LogP contribution in [0, 0.1) is 0 Å². The van der Waals surface area contributed by atoms with E-state index in [-0.39, 0.29) is 11.5 Å². The van der Waals surface area contributed by atoms with E-state index in [0.29, 0.717) is 6.61 Å². The highest BCUT2D eigenvalue weighted by Crippen LogP contribution is 2.41. The molecule has 0 fully saturated rings. The standard InChI is InChI=1S/C26H24N2O/c1-26(2)17-29-25(28-26)22(18-11-5-3-6-12-18)23-20-15-9-10-16-21(20)27-24(23)19-13-7-4-8-14-19/h3-16,22,27H,17H2,1-2H3. The molecule has 0 bridgehead atoms. The van der Waals surface area contributed by atoms with Gasteiger partial charge >= 0.3 is 0 Å². The normalized spacial score (nSPS) is 16.4. The van der Waals surface area contributed by atoms with Gasteiger partial charge in [-0.15, -0.1) is 0 Å². The van der Waals surface area contributed by atoms with Gasteiger partial charge in [0.1, 0.15) is 6.61 Å². The van der Waals surface area contributed by atoms with Gasteiger partial charge in [-0.1, -0.05) is 78.9 Å². The summed E-state index contributed by atoms with van der Waals surface area (Å²) in [5.74, 6) is 0.729. The molecule has 1 aliphatic rings. The van der Waals surface area contributed by atoms with Crippen molar-refractivity contribution < 1.29 is 4.74 Å². The number of rotatable bonds is 4. The number of ether oxygens (including phenoxy) is 1. The predicted octanol–water partition coefficient (Wildman–Crippen LogP) is 6.17. The van der Waals surface area contributed by atoms with E-state index in [0.717, 1.165) is 22.7 Å². The number of benzene rings is 3. The van der Waals surface area contributed by atoms with E-state index >= 15 is 0 Å². The highest BCUT2D eigenvalue weighted by atomic mass is 16.5. The number of nitrogens with one attached hydrogen (secondary N) is 1. The lowest BCUT2D eigenvalue weighted by molar-refractivity contribution is 0.273. The average molecular weight is 380 g/mol. The third-order valence-electron chi connectivity index (χ3n) is 5.46. The lowest BCUT2D eigenvalue weighted by Gasteiger charge is -2.19. The first-order valence-corrected chi connectivity index (χ1v) is 10.1. The first-order chi connectivity index (χ1) is 14.1. The summed E-state index contributed by atoms with van der Waals surface area (Å²) >= 11 is 0. The Morgan fingerprint density at radius 2 is 1.52 bits per heavy atom. The summed E-state index contributed by atoms with van der Waals surface area (Å²) in [5.41, 5.74) is 5.61. The van der Waals surface area contributed by atoms with Crippen LogP contribution < -0.4 is 0 Å². The zero-order valence-electron chi connectivity index (χ0n) is 16.7. The fraction of sp³-hybridized carbons (Fsp3) is 0.192. The molecule has 3 nitrogen and oxygen atoms in total. The SMILES string of the molecule is CC1(C)COC(C(c2ccccc2)c2c(-c3ccccc3)[nH]c3ccccc23)=N1. The van der Waals surface area contributed by atoms with Crippen molar-refractivity contribution in [2.45, 2.75) is 25.3 Å². The average Bonchev–Trinajstić information content (AvgIpc) is 3.30. The molecular weight excluding hydrogens is 356 g/mol. The first-order valence-electron chi connectivity index (χ1n) is 10.1. The highest BCUT2D eigenvalue weighted by Gasteiger charge is 2.35. The van der Waals surface area contributed by atoms with E-state index in [1.54, 1.807) is 0 Å². The largest absolute Gasteiger partial charge is 0.478 e. The quantitative estimate of drug-likeness (QED) is 0.451. The van der Waals surface area contributed by atoms with E-state index in [9.17, 15) is 0 Å². The minimum atomic E-state index is -0.207. The van der Waals surface area contributed by atoms with Crippen LogP contribution in [-0.4, -0.2) is 23.0 Å². The molecule has 3 aromatic carbocycles. The maximum absolute atomic E-state index is 6.18. The van der Waals surface area contributed by atoms with Crippen molar-refractivity contribution in [3.63, 3.8) is 0 Å². The van der Waals surface area contributed by atoms with Crippen LogP contribution >= 0.6 is 0 Å². The molecule has 1 aromatic heterocycles. The first kappa shape index (κ1) is 17.7. The van der Waals surface area contributed by atoms with Crippen molar-refractivity contribution in [1.82, 2.24) is 4.98 Å². The van der Waals surface area contributed by atoms with Crippen molar-refractivity contribution >= 4 is 16.8 Å². The summed E-state index contributed by atoms with van der Waals surface area (Å²) in [6.07, 6.45) is 0. The minimum Gasteiger partial charge on any atom is -0.478 e. The molecule has 0 radical (unpaired) electrons. The van der Waals surface area contributed by atoms with Crippen LogP contribution in [0.25, 0.3) is 22.2 Å². The van der Waals surface area contributed by atoms with E-state index in [1.807, 2.05) is 6.07 Å². The number of aromatic nitrogens is 1. The summed E-state index contributed by atoms with van der Waals surface area (Å²) < 4.78 is 6.18. The summed E-state index contributed by atoms with van der Waals surface area (Å²) in [4.78, 5) is 8.64. The fourth-order valence-electron chi connectivity index (χ4n) is 4.14. The molecule has 5 rings (SSSR count). The zero-order chi connectivity index (χ0) is 19.8. The van der Waals surface area contributed by atoms with E-state index in [2.05, 4.69) is 97.7 Å². The number of H-pyrrole nitrogens is 1. The van der Waals surface area contributed by atoms with Crippen LogP contribution in [0.1, 0.15) is 30.9 Å². The molecule has 1 aliphatic heterocycles. The van der Waals surface area contributed by atoms with Gasteiger partial charge < -0.3 is 9.72 Å². The van der Waals surface area contributed by atoms with Crippen LogP contribution in [0.15, 0.2) is 89.9 Å². The van der Waals surface area contributed by atoms with Crippen molar-refractivity contribution in [2.24, 2.45) is 4.99 Å². The van der Waals surface area contributed by atoms with Crippen molar-refractivity contribution in [3.05, 3.63) is 96.1 Å². The van der Waals surface area contributed by atoms with Crippen molar-refractivity contribution in [2.75, 3.05) is 6.61 Å². The summed E-state index contributed by atoms with van der Waals surface area (Å²) in [6.45, 7) is 4.85. The van der Waals surface area contributed by atoms with E-state index in [1.165, 1.54) is 16.5 Å². The molecule has 0 aliphatic carbocycles. The van der Waals surface area contributed by atoms with Gasteiger partial charge in [0.2, 0.25) is 0 Å². The van der Waals surface area contributed by atoms with Gasteiger partial charge in [0, 0.05) is 16.5 Å². The molecular formula is C26H24N2O. The number of aliphatic imine (C=N–C) groups is 1. The molecule has 2 heterocycles. The van der Waals surface area contributed by atoms with Crippen LogP contribution in [-0.2, 0) is 4.74 Å². The molecule has 29 heavy (non-hydrogen) atoms. The fourth-order valence-corrected chi connectivity index (χ4v) is 4.14. The molecule has 0 saturated carbocycles. The highest BCUT2D eigenvalue weighted by molar-refractivity contribution is 5.99. The zero-order valence-corrected chi connectivity index (χ0v) is 16.7. The molecule has 1 N–H and O–H groups in total. The monoisotopic (exact) mass is 380 g/mol. The number of nitrogens with zero attached hydrogens (tertiary/aromatic N) is 1. The van der Waals surface area contributed by atoms with Crippen molar-refractivity contribution in [1.29, 1.82) is 0 Å². The maximum atomic E-state index is 6.18. The van der Waals surface area contributed by atoms with Crippen LogP contribution in [0.4, 0.5) is 0 Å². The number of para-hydroxylation sites is 1. The second kappa shape index (κ2) is 6.93. The Labute approximate surface area is 171 Å². The Balaban J connectivity index is 1.81. The van der Waals surface area contributed by atoms with Crippen LogP contribution in [0.2, 0.25) is 0 Å². The van der Waals surface area contributed by atoms with Crippen molar-refractivity contribution in [3.8, 4) is 11.3 Å². The third kappa shape index (κ3) is 3.23. The molecule has 0 saturated heterocycles. The van der Waals surface area contributed by atoms with E-state index in [4.69, 9.17) is 9.73 Å². The topological polar surface area (TPSA) is 37.4 Å². The van der Waals surface area contributed by atoms with Crippen LogP contribution in [0.3, 0.4) is 0 Å². The van der Waals surface area contributed by atoms with Gasteiger partial charge in [-0.2, -0.15) is 0 Å². The summed E-state index contributed by atoms with van der Waals surface area (Å²) in [5, 5.41) is 1.20. The smallest absolute Gasteiger partial charge is 0.196 e. The Bertz CT molecular complexity index is 1170. The lowest BCUT2D eigenvalue weighted by atomic mass is 9.87. The van der Waals surface area contributed by atoms with Gasteiger partial charge in [-0.3, -0.25) is 0 Å². The second-order valence-electron chi connectivity index (χ2n) is 8.22. The Hall–Kier alpha value is -3.33. The minimum absolute atomic E-state index is 0.0654. The summed E-state index contributed by atoms with van der Waals surface area (Å²) in [7, 11) is 0. The molecule has 0 spiro atoms. The van der Waals surface area contributed by atoms with Crippen LogP contribution in [0.5, 0.6) is 0 Å². The third-order valence-corrected chi connectivity index (χ3v) is 5.46. The van der Waals surface area contributed by atoms with Gasteiger partial charge in [-0.25, -0.2) is 4.99 Å². The summed E-state index contributed by atoms with van der Waals surface area (Å²) in [6, 6.07) is 29.5. The molecule has 4 aromatic rings. The second-order valence-corrected chi connectivity index (χ2v) is 8.22. The Morgan fingerprint density at radius 1 is 0.862 bits per heavy atom. The Kier molecular flexibility index (Phi) is 4.24. The van der Waals surface area contributed by atoms with E-state index < -0.39 is 0 Å². The molecule has 1 unspecified atom stereocenters. The van der Waals surface area contributed by atoms with Gasteiger partial charge in [-0.05, 0) is 31.0 Å². The van der Waals surface area contributed by atoms with Gasteiger partial charge in [0.05, 0.1) is 17.2 Å². The van der Waals surface area contributed by atoms with Gasteiger partial charge in [0.25, 0.3) is 0 Å². The van der Waals surface area contributed by atoms with Gasteiger partial charge in [0.15, 0.2) is 5.90 Å². The number of hydrogen-bond donors (Lipinski definition) is 1. The maximum Gasteiger partial charge on any atom is 0.196 e. The molecule has 0 amide bonds.